The molecule has 0 aromatic rings. The first-order valence-electron chi connectivity index (χ1n) is 13.1. The van der Waals surface area contributed by atoms with Gasteiger partial charge in [-0.15, -0.1) is 0 Å². The molecule has 1 saturated carbocycles. The fraction of sp³-hybridized carbons (Fsp3) is 0.821. The maximum atomic E-state index is 10.9. The van der Waals surface area contributed by atoms with E-state index in [-0.39, 0.29) is 20.7 Å². The number of allylic oxidation sites excluding steroid dienone is 2. The maximum Gasteiger partial charge on any atom is 0.231 e. The van der Waals surface area contributed by atoms with Crippen molar-refractivity contribution in [3.05, 3.63) is 43.5 Å². The van der Waals surface area contributed by atoms with Gasteiger partial charge in [0, 0.05) is 36.5 Å². The number of nitro groups is 2. The Labute approximate surface area is 212 Å². The van der Waals surface area contributed by atoms with Crippen LogP contribution in [0, 0.1) is 36.5 Å². The SMILES string of the molecule is CC(C1=CC(C)(C)CCC1)[N+](=O)[O-].CC(C1=CCCC(C)(C)C1)[N+](=O)[O-].CC1(C)CCCC(=O)C1. The van der Waals surface area contributed by atoms with Crippen LogP contribution in [-0.2, 0) is 4.79 Å². The van der Waals surface area contributed by atoms with Crippen molar-refractivity contribution in [1.29, 1.82) is 0 Å². The van der Waals surface area contributed by atoms with E-state index in [0.29, 0.717) is 11.2 Å². The van der Waals surface area contributed by atoms with Gasteiger partial charge in [0.15, 0.2) is 0 Å². The standard InChI is InChI=1S/2C10H17NO2.C8H14O/c2*1-8(11(12)13)9-5-4-6-10(2,3)7-9;1-8(2)5-3-4-7(9)6-8/h7-8H,4-6H2,1-3H3;5,8H,4,6-7H2,1-3H3;3-6H2,1-2H3. The molecule has 35 heavy (non-hydrogen) atoms. The van der Waals surface area contributed by atoms with E-state index in [1.165, 1.54) is 6.42 Å². The van der Waals surface area contributed by atoms with Gasteiger partial charge in [0.25, 0.3) is 0 Å². The van der Waals surface area contributed by atoms with Crippen molar-refractivity contribution in [3.8, 4) is 0 Å². The van der Waals surface area contributed by atoms with Crippen LogP contribution in [-0.4, -0.2) is 27.7 Å². The Bertz CT molecular complexity index is 823. The molecule has 2 atom stereocenters. The molecule has 3 aliphatic carbocycles. The lowest BCUT2D eigenvalue weighted by Crippen LogP contribution is -2.25. The number of hydrogen-bond donors (Lipinski definition) is 0. The van der Waals surface area contributed by atoms with E-state index in [4.69, 9.17) is 0 Å². The summed E-state index contributed by atoms with van der Waals surface area (Å²) in [4.78, 5) is 31.6. The summed E-state index contributed by atoms with van der Waals surface area (Å²) in [6, 6.07) is -1.00. The summed E-state index contributed by atoms with van der Waals surface area (Å²) in [5.41, 5.74) is 2.70. The number of carbonyl (C=O) groups excluding carboxylic acids is 1. The van der Waals surface area contributed by atoms with Crippen LogP contribution >= 0.6 is 0 Å². The molecule has 2 unspecified atom stereocenters. The normalized spacial score (nSPS) is 24.2. The Kier molecular flexibility index (Phi) is 11.3. The fourth-order valence-electron chi connectivity index (χ4n) is 5.15. The second-order valence-corrected chi connectivity index (χ2v) is 12.9. The van der Waals surface area contributed by atoms with Gasteiger partial charge >= 0.3 is 0 Å². The van der Waals surface area contributed by atoms with Crippen molar-refractivity contribution in [1.82, 2.24) is 0 Å². The number of Topliss-reactive ketones (excluding diaryl/α,β-unsaturated/α-hetero) is 1. The highest BCUT2D eigenvalue weighted by Crippen LogP contribution is 2.37. The van der Waals surface area contributed by atoms with Crippen molar-refractivity contribution in [3.63, 3.8) is 0 Å². The van der Waals surface area contributed by atoms with Crippen LogP contribution in [0.15, 0.2) is 23.3 Å². The molecule has 0 radical (unpaired) electrons. The summed E-state index contributed by atoms with van der Waals surface area (Å²) in [7, 11) is 0. The van der Waals surface area contributed by atoms with Crippen molar-refractivity contribution in [2.75, 3.05) is 0 Å². The first-order valence-corrected chi connectivity index (χ1v) is 13.1. The average Bonchev–Trinajstić information content (AvgIpc) is 2.71. The fourth-order valence-corrected chi connectivity index (χ4v) is 5.15. The highest BCUT2D eigenvalue weighted by molar-refractivity contribution is 5.79. The predicted molar refractivity (Wildman–Crippen MR) is 142 cm³/mol. The van der Waals surface area contributed by atoms with Gasteiger partial charge < -0.3 is 0 Å². The zero-order valence-electron chi connectivity index (χ0n) is 23.3. The van der Waals surface area contributed by atoms with Crippen LogP contribution in [0.5, 0.6) is 0 Å². The molecule has 200 valence electrons. The zero-order chi connectivity index (χ0) is 27.0. The summed E-state index contributed by atoms with van der Waals surface area (Å²) < 4.78 is 0. The molecular weight excluding hydrogens is 444 g/mol. The van der Waals surface area contributed by atoms with E-state index in [2.05, 4.69) is 47.6 Å². The smallest absolute Gasteiger partial charge is 0.231 e. The minimum absolute atomic E-state index is 0.151. The summed E-state index contributed by atoms with van der Waals surface area (Å²) in [5.74, 6) is 0.450. The minimum Gasteiger partial charge on any atom is -0.300 e. The lowest BCUT2D eigenvalue weighted by molar-refractivity contribution is -0.508. The molecular formula is C28H48N2O5. The lowest BCUT2D eigenvalue weighted by Gasteiger charge is -2.29. The maximum absolute atomic E-state index is 10.9. The summed E-state index contributed by atoms with van der Waals surface area (Å²) in [6.45, 7) is 16.3. The van der Waals surface area contributed by atoms with Gasteiger partial charge in [-0.25, -0.2) is 0 Å². The van der Waals surface area contributed by atoms with Crippen LogP contribution in [0.25, 0.3) is 0 Å². The van der Waals surface area contributed by atoms with Crippen LogP contribution in [0.3, 0.4) is 0 Å². The molecule has 0 bridgehead atoms. The van der Waals surface area contributed by atoms with Crippen LogP contribution in [0.4, 0.5) is 0 Å². The first-order chi connectivity index (χ1) is 15.9. The Morgan fingerprint density at radius 3 is 1.71 bits per heavy atom. The van der Waals surface area contributed by atoms with Gasteiger partial charge in [0.05, 0.1) is 0 Å². The van der Waals surface area contributed by atoms with Crippen molar-refractivity contribution >= 4 is 5.78 Å². The Morgan fingerprint density at radius 1 is 0.771 bits per heavy atom. The Balaban J connectivity index is 0.000000267. The van der Waals surface area contributed by atoms with Gasteiger partial charge in [0.1, 0.15) is 5.78 Å². The molecule has 7 nitrogen and oxygen atoms in total. The number of ketones is 1. The van der Waals surface area contributed by atoms with Crippen molar-refractivity contribution in [2.24, 2.45) is 16.2 Å². The van der Waals surface area contributed by atoms with Gasteiger partial charge in [-0.1, -0.05) is 53.7 Å². The largest absolute Gasteiger partial charge is 0.300 e. The molecule has 0 heterocycles. The lowest BCUT2D eigenvalue weighted by atomic mass is 9.76. The molecule has 0 aromatic carbocycles. The molecule has 0 aromatic heterocycles. The molecule has 0 spiro atoms. The molecule has 1 fully saturated rings. The Morgan fingerprint density at radius 2 is 1.29 bits per heavy atom. The Hall–Kier alpha value is -2.05. The molecule has 0 N–H and O–H groups in total. The molecule has 0 amide bonds. The van der Waals surface area contributed by atoms with Gasteiger partial charge in [0.2, 0.25) is 12.1 Å². The topological polar surface area (TPSA) is 103 Å². The molecule has 3 rings (SSSR count). The summed E-state index contributed by atoms with van der Waals surface area (Å²) in [5, 5.41) is 21.1. The third-order valence-corrected chi connectivity index (χ3v) is 7.46. The first kappa shape index (κ1) is 31.0. The van der Waals surface area contributed by atoms with E-state index in [0.717, 1.165) is 68.9 Å². The minimum atomic E-state index is -0.500. The number of rotatable bonds is 4. The van der Waals surface area contributed by atoms with Crippen LogP contribution in [0.1, 0.15) is 120 Å². The van der Waals surface area contributed by atoms with Gasteiger partial charge in [-0.3, -0.25) is 25.0 Å². The highest BCUT2D eigenvalue weighted by atomic mass is 16.6. The van der Waals surface area contributed by atoms with Crippen LogP contribution < -0.4 is 0 Å². The van der Waals surface area contributed by atoms with Crippen molar-refractivity contribution < 1.29 is 14.6 Å². The summed E-state index contributed by atoms with van der Waals surface area (Å²) in [6.07, 6.45) is 14.2. The molecule has 0 saturated heterocycles. The van der Waals surface area contributed by atoms with Gasteiger partial charge in [-0.05, 0) is 78.8 Å². The van der Waals surface area contributed by atoms with E-state index < -0.39 is 12.1 Å². The quantitative estimate of drug-likeness (QED) is 0.227. The third kappa shape index (κ3) is 11.5. The monoisotopic (exact) mass is 492 g/mol. The second kappa shape index (κ2) is 12.8. The van der Waals surface area contributed by atoms with E-state index in [9.17, 15) is 25.0 Å². The number of nitrogens with zero attached hydrogens (tertiary/aromatic N) is 2. The molecule has 0 aliphatic heterocycles. The summed E-state index contributed by atoms with van der Waals surface area (Å²) >= 11 is 0. The van der Waals surface area contributed by atoms with Crippen molar-refractivity contribution in [2.45, 2.75) is 132 Å². The highest BCUT2D eigenvalue weighted by Gasteiger charge is 2.30. The molecule has 3 aliphatic rings. The zero-order valence-corrected chi connectivity index (χ0v) is 23.3. The van der Waals surface area contributed by atoms with E-state index >= 15 is 0 Å². The van der Waals surface area contributed by atoms with Crippen LogP contribution in [0.2, 0.25) is 0 Å². The van der Waals surface area contributed by atoms with E-state index in [1.807, 2.05) is 6.08 Å². The number of carbonyl (C=O) groups is 1. The third-order valence-electron chi connectivity index (χ3n) is 7.46. The average molecular weight is 493 g/mol. The molecule has 7 heteroatoms. The number of hydrogen-bond acceptors (Lipinski definition) is 5. The second-order valence-electron chi connectivity index (χ2n) is 12.9. The van der Waals surface area contributed by atoms with E-state index in [1.54, 1.807) is 13.8 Å². The van der Waals surface area contributed by atoms with Gasteiger partial charge in [-0.2, -0.15) is 0 Å². The predicted octanol–water partition coefficient (Wildman–Crippen LogP) is 7.73.